The number of aliphatic carboxylic acids is 2. The zero-order valence-electron chi connectivity index (χ0n) is 28.9. The first kappa shape index (κ1) is 50.2. The van der Waals surface area contributed by atoms with Crippen LogP contribution in [0.1, 0.15) is 65.2 Å². The smallest absolute Gasteiger partial charge is 0.548 e. The first-order valence-electron chi connectivity index (χ1n) is 16.3. The van der Waals surface area contributed by atoms with E-state index in [4.69, 9.17) is 0 Å². The SMILES string of the molecule is C=CCCC(O)CNCCN(CC(O)CCC=C)C(C)C(=O)[O-].C=CCCC(O)CNCCN(CC(O)CCC=C)C(C)C(=O)[O-].[Ca+2]. The Hall–Kier alpha value is -1.16. The molecule has 0 amide bonds. The van der Waals surface area contributed by atoms with E-state index in [1.54, 1.807) is 48.0 Å². The third-order valence-electron chi connectivity index (χ3n) is 7.40. The number of nitrogens with one attached hydrogen (secondary N) is 2. The predicted molar refractivity (Wildman–Crippen MR) is 185 cm³/mol. The van der Waals surface area contributed by atoms with Crippen molar-refractivity contribution in [2.45, 2.75) is 102 Å². The van der Waals surface area contributed by atoms with E-state index in [-0.39, 0.29) is 50.8 Å². The molecular formula is C34H62CaN4O8. The molecule has 0 aromatic heterocycles. The van der Waals surface area contributed by atoms with Crippen LogP contribution in [0.4, 0.5) is 0 Å². The average Bonchev–Trinajstić information content (AvgIpc) is 3.02. The van der Waals surface area contributed by atoms with Gasteiger partial charge < -0.3 is 50.9 Å². The normalized spacial score (nSPS) is 14.8. The molecule has 13 heteroatoms. The van der Waals surface area contributed by atoms with Crippen LogP contribution in [0.5, 0.6) is 0 Å². The molecule has 0 fully saturated rings. The molecule has 6 unspecified atom stereocenters. The quantitative estimate of drug-likeness (QED) is 0.0305. The third-order valence-corrected chi connectivity index (χ3v) is 7.40. The average molecular weight is 695 g/mol. The van der Waals surface area contributed by atoms with Crippen molar-refractivity contribution >= 4 is 49.7 Å². The number of nitrogens with zero attached hydrogens (tertiary/aromatic N) is 2. The summed E-state index contributed by atoms with van der Waals surface area (Å²) in [5.41, 5.74) is 0. The number of carbonyl (C=O) groups excluding carboxylic acids is 2. The molecule has 6 atom stereocenters. The standard InChI is InChI=1S/2C17H32N2O4.Ca/c2*1-4-6-8-15(20)12-18-10-11-19(14(3)17(22)23)13-16(21)9-7-5-2;/h2*4-5,14-16,18,20-21H,1-2,6-13H2,3H3,(H,22,23);/q;;+2/p-2. The van der Waals surface area contributed by atoms with Gasteiger partial charge in [-0.05, 0) is 65.2 Å². The number of allylic oxidation sites excluding steroid dienone is 4. The zero-order chi connectivity index (χ0) is 35.3. The Morgan fingerprint density at radius 1 is 0.617 bits per heavy atom. The number of carboxylic acid groups (broad SMARTS) is 2. The monoisotopic (exact) mass is 694 g/mol. The van der Waals surface area contributed by atoms with E-state index in [1.807, 2.05) is 0 Å². The molecule has 0 rings (SSSR count). The van der Waals surface area contributed by atoms with Crippen LogP contribution in [0.2, 0.25) is 0 Å². The second-order valence-electron chi connectivity index (χ2n) is 11.5. The van der Waals surface area contributed by atoms with Crippen molar-refractivity contribution in [3.05, 3.63) is 50.6 Å². The maximum absolute atomic E-state index is 11.1. The zero-order valence-corrected chi connectivity index (χ0v) is 31.1. The van der Waals surface area contributed by atoms with E-state index in [0.717, 1.165) is 12.8 Å². The first-order chi connectivity index (χ1) is 21.8. The van der Waals surface area contributed by atoms with Crippen molar-refractivity contribution in [3.63, 3.8) is 0 Å². The summed E-state index contributed by atoms with van der Waals surface area (Å²) in [5, 5.41) is 67.7. The van der Waals surface area contributed by atoms with Gasteiger partial charge in [0, 0.05) is 64.4 Å². The van der Waals surface area contributed by atoms with Gasteiger partial charge in [-0.15, -0.1) is 26.3 Å². The minimum absolute atomic E-state index is 0. The fourth-order valence-electron chi connectivity index (χ4n) is 4.34. The van der Waals surface area contributed by atoms with Crippen LogP contribution in [-0.4, -0.2) is 169 Å². The Labute approximate surface area is 313 Å². The first-order valence-corrected chi connectivity index (χ1v) is 16.3. The van der Waals surface area contributed by atoms with Gasteiger partial charge in [-0.2, -0.15) is 0 Å². The molecule has 0 bridgehead atoms. The van der Waals surface area contributed by atoms with Crippen LogP contribution in [0, 0.1) is 0 Å². The number of carboxylic acids is 2. The Balaban J connectivity index is -0.000000807. The van der Waals surface area contributed by atoms with Crippen molar-refractivity contribution in [2.24, 2.45) is 0 Å². The van der Waals surface area contributed by atoms with Crippen LogP contribution < -0.4 is 20.8 Å². The molecule has 47 heavy (non-hydrogen) atoms. The molecule has 0 saturated heterocycles. The molecule has 0 aliphatic rings. The number of carbonyl (C=O) groups is 2. The fraction of sp³-hybridized carbons (Fsp3) is 0.706. The summed E-state index contributed by atoms with van der Waals surface area (Å²) < 4.78 is 0. The van der Waals surface area contributed by atoms with E-state index in [9.17, 15) is 40.2 Å². The number of hydrogen-bond donors (Lipinski definition) is 6. The molecule has 12 nitrogen and oxygen atoms in total. The maximum atomic E-state index is 11.1. The van der Waals surface area contributed by atoms with Gasteiger partial charge >= 0.3 is 37.7 Å². The Morgan fingerprint density at radius 3 is 1.15 bits per heavy atom. The minimum atomic E-state index is -1.16. The third kappa shape index (κ3) is 29.5. The summed E-state index contributed by atoms with van der Waals surface area (Å²) in [5.74, 6) is -2.32. The van der Waals surface area contributed by atoms with E-state index >= 15 is 0 Å². The molecule has 268 valence electrons. The number of rotatable bonds is 30. The van der Waals surface area contributed by atoms with Crippen molar-refractivity contribution in [2.75, 3.05) is 52.4 Å². The van der Waals surface area contributed by atoms with Gasteiger partial charge in [0.1, 0.15) is 0 Å². The Morgan fingerprint density at radius 2 is 0.894 bits per heavy atom. The van der Waals surface area contributed by atoms with Gasteiger partial charge in [-0.3, -0.25) is 9.80 Å². The molecule has 0 aliphatic heterocycles. The van der Waals surface area contributed by atoms with Crippen LogP contribution in [0.3, 0.4) is 0 Å². The molecule has 0 aliphatic carbocycles. The Bertz CT molecular complexity index is 772. The number of aliphatic hydroxyl groups is 4. The maximum Gasteiger partial charge on any atom is 2.00 e. The summed E-state index contributed by atoms with van der Waals surface area (Å²) >= 11 is 0. The molecule has 0 aromatic carbocycles. The molecule has 0 heterocycles. The van der Waals surface area contributed by atoms with Crippen LogP contribution in [-0.2, 0) is 9.59 Å². The molecular weight excluding hydrogens is 632 g/mol. The summed E-state index contributed by atoms with van der Waals surface area (Å²) in [7, 11) is 0. The van der Waals surface area contributed by atoms with Gasteiger partial charge in [0.2, 0.25) is 0 Å². The van der Waals surface area contributed by atoms with Gasteiger partial charge in [0.05, 0.1) is 36.4 Å². The Kier molecular flexibility index (Phi) is 35.6. The van der Waals surface area contributed by atoms with Crippen LogP contribution in [0.15, 0.2) is 50.6 Å². The van der Waals surface area contributed by atoms with Crippen molar-refractivity contribution in [1.29, 1.82) is 0 Å². The molecule has 6 N–H and O–H groups in total. The predicted octanol–water partition coefficient (Wildman–Crippen LogP) is -1.04. The number of hydrogen-bond acceptors (Lipinski definition) is 12. The van der Waals surface area contributed by atoms with Crippen molar-refractivity contribution in [3.8, 4) is 0 Å². The molecule has 0 aromatic rings. The van der Waals surface area contributed by atoms with E-state index in [0.29, 0.717) is 77.8 Å². The van der Waals surface area contributed by atoms with E-state index in [2.05, 4.69) is 36.9 Å². The van der Waals surface area contributed by atoms with Gasteiger partial charge in [-0.25, -0.2) is 0 Å². The van der Waals surface area contributed by atoms with Gasteiger partial charge in [0.15, 0.2) is 0 Å². The van der Waals surface area contributed by atoms with Crippen LogP contribution in [0.25, 0.3) is 0 Å². The summed E-state index contributed by atoms with van der Waals surface area (Å²) in [4.78, 5) is 25.5. The molecule has 0 spiro atoms. The van der Waals surface area contributed by atoms with Crippen molar-refractivity contribution < 1.29 is 40.2 Å². The van der Waals surface area contributed by atoms with Crippen molar-refractivity contribution in [1.82, 2.24) is 20.4 Å². The summed E-state index contributed by atoms with van der Waals surface area (Å²) in [6.07, 6.45) is 10.1. The summed E-state index contributed by atoms with van der Waals surface area (Å²) in [6, 6.07) is -1.55. The van der Waals surface area contributed by atoms with Gasteiger partial charge in [-0.1, -0.05) is 24.3 Å². The second-order valence-corrected chi connectivity index (χ2v) is 11.5. The minimum Gasteiger partial charge on any atom is -0.548 e. The fourth-order valence-corrected chi connectivity index (χ4v) is 4.34. The van der Waals surface area contributed by atoms with Crippen LogP contribution >= 0.6 is 0 Å². The number of aliphatic hydroxyl groups excluding tert-OH is 4. The van der Waals surface area contributed by atoms with E-state index in [1.165, 1.54) is 0 Å². The van der Waals surface area contributed by atoms with E-state index < -0.39 is 48.4 Å². The second kappa shape index (κ2) is 33.3. The molecule has 0 radical (unpaired) electrons. The topological polar surface area (TPSA) is 192 Å². The summed E-state index contributed by atoms with van der Waals surface area (Å²) in [6.45, 7) is 20.9. The van der Waals surface area contributed by atoms with Gasteiger partial charge in [0.25, 0.3) is 0 Å². The largest absolute Gasteiger partial charge is 2.00 e. The molecule has 0 saturated carbocycles.